The minimum absolute atomic E-state index is 0.0972. The van der Waals surface area contributed by atoms with E-state index >= 15 is 0 Å². The van der Waals surface area contributed by atoms with Crippen LogP contribution in [-0.2, 0) is 0 Å². The molecule has 1 rings (SSSR count). The molecule has 1 fully saturated rings. The SMILES string of the molecule is NC1C[N]CC1O. The molecule has 3 heteroatoms. The molecule has 41 valence electrons. The van der Waals surface area contributed by atoms with Gasteiger partial charge in [0.25, 0.3) is 0 Å². The molecule has 1 radical (unpaired) electrons. The molecule has 2 atom stereocenters. The van der Waals surface area contributed by atoms with E-state index < -0.39 is 0 Å². The first-order valence-corrected chi connectivity index (χ1v) is 2.37. The first-order valence-electron chi connectivity index (χ1n) is 2.37. The Bertz CT molecular complexity index is 58.7. The summed E-state index contributed by atoms with van der Waals surface area (Å²) in [6.07, 6.45) is -0.375. The average molecular weight is 101 g/mol. The van der Waals surface area contributed by atoms with Crippen LogP contribution < -0.4 is 11.1 Å². The van der Waals surface area contributed by atoms with Gasteiger partial charge in [0.2, 0.25) is 0 Å². The third-order valence-corrected chi connectivity index (χ3v) is 1.15. The van der Waals surface area contributed by atoms with E-state index in [1.54, 1.807) is 0 Å². The Kier molecular flexibility index (Phi) is 1.27. The van der Waals surface area contributed by atoms with E-state index in [1.807, 2.05) is 0 Å². The van der Waals surface area contributed by atoms with Crippen LogP contribution in [0.5, 0.6) is 0 Å². The summed E-state index contributed by atoms with van der Waals surface area (Å²) in [6, 6.07) is -0.0972. The van der Waals surface area contributed by atoms with Gasteiger partial charge in [0.15, 0.2) is 0 Å². The highest BCUT2D eigenvalue weighted by atomic mass is 16.3. The second-order valence-corrected chi connectivity index (χ2v) is 1.82. The number of rotatable bonds is 0. The molecule has 3 N–H and O–H groups in total. The molecule has 0 aromatic heterocycles. The fraction of sp³-hybridized carbons (Fsp3) is 1.00. The van der Waals surface area contributed by atoms with Gasteiger partial charge in [0, 0.05) is 19.1 Å². The number of aliphatic hydroxyl groups excluding tert-OH is 1. The van der Waals surface area contributed by atoms with Crippen LogP contribution in [0, 0.1) is 0 Å². The van der Waals surface area contributed by atoms with Crippen molar-refractivity contribution in [3.8, 4) is 0 Å². The topological polar surface area (TPSA) is 60.4 Å². The Labute approximate surface area is 42.5 Å². The summed E-state index contributed by atoms with van der Waals surface area (Å²) in [5.74, 6) is 0. The van der Waals surface area contributed by atoms with Crippen molar-refractivity contribution in [1.82, 2.24) is 5.32 Å². The van der Waals surface area contributed by atoms with Crippen LogP contribution in [0.1, 0.15) is 0 Å². The maximum Gasteiger partial charge on any atom is 0.0844 e. The van der Waals surface area contributed by atoms with E-state index in [1.165, 1.54) is 0 Å². The Hall–Kier alpha value is -0.120. The molecule has 7 heavy (non-hydrogen) atoms. The maximum absolute atomic E-state index is 8.78. The lowest BCUT2D eigenvalue weighted by molar-refractivity contribution is 0.179. The van der Waals surface area contributed by atoms with Gasteiger partial charge in [-0.1, -0.05) is 0 Å². The van der Waals surface area contributed by atoms with Crippen LogP contribution in [0.2, 0.25) is 0 Å². The molecular formula is C4H9N2O. The number of aliphatic hydroxyl groups is 1. The second kappa shape index (κ2) is 1.78. The fourth-order valence-electron chi connectivity index (χ4n) is 0.613. The highest BCUT2D eigenvalue weighted by molar-refractivity contribution is 4.82. The normalized spacial score (nSPS) is 42.0. The van der Waals surface area contributed by atoms with Gasteiger partial charge < -0.3 is 10.8 Å². The molecule has 1 saturated heterocycles. The molecule has 0 saturated carbocycles. The lowest BCUT2D eigenvalue weighted by atomic mass is 10.2. The molecule has 1 heterocycles. The van der Waals surface area contributed by atoms with E-state index in [0.29, 0.717) is 13.1 Å². The summed E-state index contributed by atoms with van der Waals surface area (Å²) in [7, 11) is 0. The summed E-state index contributed by atoms with van der Waals surface area (Å²) in [4.78, 5) is 0. The highest BCUT2D eigenvalue weighted by Gasteiger charge is 2.20. The molecule has 0 spiro atoms. The van der Waals surface area contributed by atoms with Crippen LogP contribution >= 0.6 is 0 Å². The first kappa shape index (κ1) is 5.03. The molecule has 1 aliphatic rings. The standard InChI is InChI=1S/C4H9N2O/c5-3-1-6-2-4(3)7/h3-4,7H,1-2,5H2. The summed E-state index contributed by atoms with van der Waals surface area (Å²) < 4.78 is 0. The first-order chi connectivity index (χ1) is 3.30. The van der Waals surface area contributed by atoms with Crippen molar-refractivity contribution in [3.05, 3.63) is 0 Å². The lowest BCUT2D eigenvalue weighted by Gasteiger charge is -2.02. The number of nitrogens with zero attached hydrogens (tertiary/aromatic N) is 1. The molecule has 0 aromatic rings. The Morgan fingerprint density at radius 3 is 2.43 bits per heavy atom. The third kappa shape index (κ3) is 0.907. The van der Waals surface area contributed by atoms with E-state index in [9.17, 15) is 0 Å². The van der Waals surface area contributed by atoms with E-state index in [2.05, 4.69) is 5.32 Å². The minimum Gasteiger partial charge on any atom is -0.390 e. The van der Waals surface area contributed by atoms with Crippen LogP contribution in [0.3, 0.4) is 0 Å². The van der Waals surface area contributed by atoms with Crippen LogP contribution in [0.25, 0.3) is 0 Å². The van der Waals surface area contributed by atoms with E-state index in [-0.39, 0.29) is 12.1 Å². The van der Waals surface area contributed by atoms with Gasteiger partial charge in [-0.2, -0.15) is 0 Å². The second-order valence-electron chi connectivity index (χ2n) is 1.82. The van der Waals surface area contributed by atoms with Crippen LogP contribution in [-0.4, -0.2) is 30.3 Å². The van der Waals surface area contributed by atoms with E-state index in [4.69, 9.17) is 10.8 Å². The van der Waals surface area contributed by atoms with Crippen molar-refractivity contribution in [2.24, 2.45) is 5.73 Å². The molecule has 3 nitrogen and oxygen atoms in total. The van der Waals surface area contributed by atoms with Gasteiger partial charge in [-0.05, 0) is 0 Å². The molecule has 0 aliphatic carbocycles. The third-order valence-electron chi connectivity index (χ3n) is 1.15. The van der Waals surface area contributed by atoms with Crippen LogP contribution in [0.4, 0.5) is 0 Å². The Morgan fingerprint density at radius 2 is 2.29 bits per heavy atom. The quantitative estimate of drug-likeness (QED) is 0.382. The predicted molar refractivity (Wildman–Crippen MR) is 25.9 cm³/mol. The van der Waals surface area contributed by atoms with Gasteiger partial charge in [0.05, 0.1) is 6.10 Å². The number of nitrogens with two attached hydrogens (primary N) is 1. The van der Waals surface area contributed by atoms with Crippen molar-refractivity contribution in [1.29, 1.82) is 0 Å². The molecule has 2 unspecified atom stereocenters. The molecule has 1 aliphatic heterocycles. The summed E-state index contributed by atoms with van der Waals surface area (Å²) in [5, 5.41) is 12.6. The zero-order chi connectivity index (χ0) is 5.28. The number of hydrogen-bond donors (Lipinski definition) is 2. The smallest absolute Gasteiger partial charge is 0.0844 e. The zero-order valence-electron chi connectivity index (χ0n) is 4.04. The van der Waals surface area contributed by atoms with Gasteiger partial charge in [0.1, 0.15) is 0 Å². The maximum atomic E-state index is 8.78. The molecular weight excluding hydrogens is 92.1 g/mol. The zero-order valence-corrected chi connectivity index (χ0v) is 4.04. The fourth-order valence-corrected chi connectivity index (χ4v) is 0.613. The Morgan fingerprint density at radius 1 is 1.57 bits per heavy atom. The molecule has 0 bridgehead atoms. The largest absolute Gasteiger partial charge is 0.390 e. The van der Waals surface area contributed by atoms with Crippen molar-refractivity contribution in [3.63, 3.8) is 0 Å². The van der Waals surface area contributed by atoms with Crippen LogP contribution in [0.15, 0.2) is 0 Å². The van der Waals surface area contributed by atoms with E-state index in [0.717, 1.165) is 0 Å². The van der Waals surface area contributed by atoms with Gasteiger partial charge in [-0.3, -0.25) is 0 Å². The van der Waals surface area contributed by atoms with Crippen molar-refractivity contribution in [2.75, 3.05) is 13.1 Å². The minimum atomic E-state index is -0.375. The average Bonchev–Trinajstić information content (AvgIpc) is 1.91. The van der Waals surface area contributed by atoms with Gasteiger partial charge >= 0.3 is 0 Å². The lowest BCUT2D eigenvalue weighted by Crippen LogP contribution is -2.32. The summed E-state index contributed by atoms with van der Waals surface area (Å²) in [5.41, 5.74) is 5.33. The summed E-state index contributed by atoms with van der Waals surface area (Å²) in [6.45, 7) is 1.16. The van der Waals surface area contributed by atoms with Gasteiger partial charge in [-0.15, -0.1) is 0 Å². The van der Waals surface area contributed by atoms with Crippen molar-refractivity contribution < 1.29 is 5.11 Å². The van der Waals surface area contributed by atoms with Crippen molar-refractivity contribution >= 4 is 0 Å². The van der Waals surface area contributed by atoms with Crippen molar-refractivity contribution in [2.45, 2.75) is 12.1 Å². The summed E-state index contributed by atoms with van der Waals surface area (Å²) >= 11 is 0. The Balaban J connectivity index is 2.33. The highest BCUT2D eigenvalue weighted by Crippen LogP contribution is 1.95. The predicted octanol–water partition coefficient (Wildman–Crippen LogP) is -1.71. The van der Waals surface area contributed by atoms with Gasteiger partial charge in [-0.25, -0.2) is 5.32 Å². The monoisotopic (exact) mass is 101 g/mol. The number of hydrogen-bond acceptors (Lipinski definition) is 2. The molecule has 0 aromatic carbocycles. The molecule has 0 amide bonds.